The molecular weight excluding hydrogens is 215 g/mol. The van der Waals surface area contributed by atoms with Gasteiger partial charge in [0.2, 0.25) is 0 Å². The van der Waals surface area contributed by atoms with Gasteiger partial charge in [-0.2, -0.15) is 0 Å². The number of nitrogens with zero attached hydrogens (tertiary/aromatic N) is 1. The van der Waals surface area contributed by atoms with Crippen molar-refractivity contribution in [3.63, 3.8) is 0 Å². The molecule has 92 valence electrons. The average molecular weight is 234 g/mol. The van der Waals surface area contributed by atoms with Crippen molar-refractivity contribution in [3.05, 3.63) is 46.8 Å². The minimum Gasteiger partial charge on any atom is -0.309 e. The Hall–Kier alpha value is -1.19. The quantitative estimate of drug-likeness (QED) is 0.803. The SMILES string of the molecule is CC(CN(C)Cc1ccccc1F)=C1CNC1. The first kappa shape index (κ1) is 12.3. The molecule has 17 heavy (non-hydrogen) atoms. The topological polar surface area (TPSA) is 15.3 Å². The molecule has 0 unspecified atom stereocenters. The zero-order chi connectivity index (χ0) is 12.3. The zero-order valence-corrected chi connectivity index (χ0v) is 10.5. The Bertz CT molecular complexity index is 420. The second-order valence-electron chi connectivity index (χ2n) is 4.75. The Morgan fingerprint density at radius 2 is 2.06 bits per heavy atom. The summed E-state index contributed by atoms with van der Waals surface area (Å²) in [5.74, 6) is -0.116. The maximum absolute atomic E-state index is 13.5. The standard InChI is InChI=1S/C14H19FN2/c1-11(13-7-16-8-13)9-17(2)10-12-5-3-4-6-14(12)15/h3-6,16H,7-10H2,1-2H3. The Morgan fingerprint density at radius 1 is 1.35 bits per heavy atom. The van der Waals surface area contributed by atoms with Crippen molar-refractivity contribution in [1.29, 1.82) is 0 Å². The van der Waals surface area contributed by atoms with E-state index >= 15 is 0 Å². The maximum Gasteiger partial charge on any atom is 0.127 e. The molecule has 1 aliphatic rings. The first-order chi connectivity index (χ1) is 8.16. The summed E-state index contributed by atoms with van der Waals surface area (Å²) in [5.41, 5.74) is 3.66. The van der Waals surface area contributed by atoms with Crippen molar-refractivity contribution < 1.29 is 4.39 Å². The van der Waals surface area contributed by atoms with Crippen LogP contribution in [0.3, 0.4) is 0 Å². The van der Waals surface area contributed by atoms with E-state index in [1.807, 2.05) is 19.2 Å². The Kier molecular flexibility index (Phi) is 3.92. The third kappa shape index (κ3) is 3.14. The monoisotopic (exact) mass is 234 g/mol. The van der Waals surface area contributed by atoms with Crippen LogP contribution in [0.1, 0.15) is 12.5 Å². The van der Waals surface area contributed by atoms with Gasteiger partial charge in [0.1, 0.15) is 5.82 Å². The lowest BCUT2D eigenvalue weighted by Gasteiger charge is -2.25. The van der Waals surface area contributed by atoms with Gasteiger partial charge >= 0.3 is 0 Å². The Labute approximate surface area is 102 Å². The summed E-state index contributed by atoms with van der Waals surface area (Å²) in [5, 5.41) is 3.24. The number of benzene rings is 1. The number of likely N-dealkylation sites (N-methyl/N-ethyl adjacent to an activating group) is 1. The van der Waals surface area contributed by atoms with E-state index in [9.17, 15) is 4.39 Å². The van der Waals surface area contributed by atoms with E-state index in [0.29, 0.717) is 6.54 Å². The lowest BCUT2D eigenvalue weighted by Crippen LogP contribution is -2.36. The van der Waals surface area contributed by atoms with Gasteiger partial charge in [0, 0.05) is 31.7 Å². The van der Waals surface area contributed by atoms with Crippen molar-refractivity contribution in [2.75, 3.05) is 26.7 Å². The van der Waals surface area contributed by atoms with Crippen LogP contribution in [0.2, 0.25) is 0 Å². The molecule has 1 N–H and O–H groups in total. The van der Waals surface area contributed by atoms with E-state index in [0.717, 1.165) is 25.2 Å². The van der Waals surface area contributed by atoms with Crippen LogP contribution in [0.4, 0.5) is 4.39 Å². The smallest absolute Gasteiger partial charge is 0.127 e. The van der Waals surface area contributed by atoms with E-state index in [2.05, 4.69) is 17.1 Å². The van der Waals surface area contributed by atoms with Gasteiger partial charge in [-0.1, -0.05) is 23.8 Å². The highest BCUT2D eigenvalue weighted by Gasteiger charge is 2.12. The van der Waals surface area contributed by atoms with Crippen LogP contribution >= 0.6 is 0 Å². The van der Waals surface area contributed by atoms with Crippen LogP contribution in [0.25, 0.3) is 0 Å². The number of halogens is 1. The summed E-state index contributed by atoms with van der Waals surface area (Å²) in [6, 6.07) is 6.98. The molecule has 0 saturated carbocycles. The molecule has 0 bridgehead atoms. The number of hydrogen-bond acceptors (Lipinski definition) is 2. The molecule has 1 aromatic rings. The first-order valence-corrected chi connectivity index (χ1v) is 5.97. The summed E-state index contributed by atoms with van der Waals surface area (Å²) >= 11 is 0. The van der Waals surface area contributed by atoms with Gasteiger partial charge in [-0.3, -0.25) is 4.90 Å². The van der Waals surface area contributed by atoms with Crippen molar-refractivity contribution in [2.45, 2.75) is 13.5 Å². The highest BCUT2D eigenvalue weighted by atomic mass is 19.1. The molecule has 3 heteroatoms. The van der Waals surface area contributed by atoms with Gasteiger partial charge in [0.15, 0.2) is 0 Å². The van der Waals surface area contributed by atoms with Crippen LogP contribution in [0, 0.1) is 5.82 Å². The van der Waals surface area contributed by atoms with Crippen LogP contribution in [0.5, 0.6) is 0 Å². The minimum absolute atomic E-state index is 0.116. The van der Waals surface area contributed by atoms with Crippen LogP contribution in [-0.4, -0.2) is 31.6 Å². The minimum atomic E-state index is -0.116. The van der Waals surface area contributed by atoms with Crippen LogP contribution < -0.4 is 5.32 Å². The summed E-state index contributed by atoms with van der Waals surface area (Å²) in [4.78, 5) is 2.15. The summed E-state index contributed by atoms with van der Waals surface area (Å²) in [6.45, 7) is 5.75. The molecule has 0 spiro atoms. The van der Waals surface area contributed by atoms with Crippen molar-refractivity contribution in [2.24, 2.45) is 0 Å². The Balaban J connectivity index is 1.93. The molecule has 0 aliphatic carbocycles. The second kappa shape index (κ2) is 5.43. The predicted octanol–water partition coefficient (Wildman–Crippen LogP) is 2.18. The molecule has 2 nitrogen and oxygen atoms in total. The summed E-state index contributed by atoms with van der Waals surface area (Å²) in [7, 11) is 2.03. The molecule has 0 atom stereocenters. The highest BCUT2D eigenvalue weighted by molar-refractivity contribution is 5.23. The van der Waals surface area contributed by atoms with Crippen molar-refractivity contribution in [1.82, 2.24) is 10.2 Å². The fourth-order valence-corrected chi connectivity index (χ4v) is 2.04. The average Bonchev–Trinajstić information content (AvgIpc) is 2.18. The molecule has 2 rings (SSSR count). The zero-order valence-electron chi connectivity index (χ0n) is 10.5. The lowest BCUT2D eigenvalue weighted by atomic mass is 10.0. The molecular formula is C14H19FN2. The van der Waals surface area contributed by atoms with Gasteiger partial charge in [0.25, 0.3) is 0 Å². The van der Waals surface area contributed by atoms with Gasteiger partial charge in [-0.25, -0.2) is 4.39 Å². The lowest BCUT2D eigenvalue weighted by molar-refractivity contribution is 0.345. The van der Waals surface area contributed by atoms with Crippen molar-refractivity contribution in [3.8, 4) is 0 Å². The number of hydrogen-bond donors (Lipinski definition) is 1. The molecule has 1 aliphatic heterocycles. The van der Waals surface area contributed by atoms with E-state index < -0.39 is 0 Å². The summed E-state index contributed by atoms with van der Waals surface area (Å²) < 4.78 is 13.5. The number of rotatable bonds is 4. The molecule has 0 amide bonds. The van der Waals surface area contributed by atoms with Gasteiger partial charge in [0.05, 0.1) is 0 Å². The molecule has 1 fully saturated rings. The fourth-order valence-electron chi connectivity index (χ4n) is 2.04. The molecule has 0 aromatic heterocycles. The highest BCUT2D eigenvalue weighted by Crippen LogP contribution is 2.13. The van der Waals surface area contributed by atoms with E-state index in [1.165, 1.54) is 17.2 Å². The predicted molar refractivity (Wildman–Crippen MR) is 68.3 cm³/mol. The Morgan fingerprint density at radius 3 is 2.65 bits per heavy atom. The maximum atomic E-state index is 13.5. The number of nitrogens with one attached hydrogen (secondary N) is 1. The largest absolute Gasteiger partial charge is 0.309 e. The normalized spacial score (nSPS) is 14.9. The molecule has 1 heterocycles. The molecule has 0 radical (unpaired) electrons. The van der Waals surface area contributed by atoms with E-state index in [1.54, 1.807) is 6.07 Å². The summed E-state index contributed by atoms with van der Waals surface area (Å²) in [6.07, 6.45) is 0. The van der Waals surface area contributed by atoms with E-state index in [-0.39, 0.29) is 5.82 Å². The molecule has 1 aromatic carbocycles. The van der Waals surface area contributed by atoms with Crippen molar-refractivity contribution >= 4 is 0 Å². The molecule has 1 saturated heterocycles. The second-order valence-corrected chi connectivity index (χ2v) is 4.75. The third-order valence-electron chi connectivity index (χ3n) is 3.19. The fraction of sp³-hybridized carbons (Fsp3) is 0.429. The first-order valence-electron chi connectivity index (χ1n) is 5.97. The van der Waals surface area contributed by atoms with Crippen LogP contribution in [0.15, 0.2) is 35.4 Å². The van der Waals surface area contributed by atoms with E-state index in [4.69, 9.17) is 0 Å². The van der Waals surface area contributed by atoms with Gasteiger partial charge < -0.3 is 5.32 Å². The van der Waals surface area contributed by atoms with Crippen LogP contribution in [-0.2, 0) is 6.54 Å². The van der Waals surface area contributed by atoms with Gasteiger partial charge in [-0.15, -0.1) is 0 Å². The third-order valence-corrected chi connectivity index (χ3v) is 3.19. The van der Waals surface area contributed by atoms with Gasteiger partial charge in [-0.05, 0) is 25.6 Å².